The molecule has 0 aliphatic rings. The van der Waals surface area contributed by atoms with Crippen LogP contribution in [0.4, 0.5) is 0 Å². The molecule has 4 rings (SSSR count). The molecule has 0 radical (unpaired) electrons. The van der Waals surface area contributed by atoms with Crippen LogP contribution in [0.2, 0.25) is 0 Å². The molecule has 1 atom stereocenters. The molecule has 0 unspecified atom stereocenters. The number of carbonyl (C=O) groups is 1. The third kappa shape index (κ3) is 3.07. The van der Waals surface area contributed by atoms with E-state index >= 15 is 0 Å². The Hall–Kier alpha value is -3.75. The van der Waals surface area contributed by atoms with Gasteiger partial charge in [-0.3, -0.25) is 19.7 Å². The summed E-state index contributed by atoms with van der Waals surface area (Å²) < 4.78 is 6.59. The number of fused-ring (bicyclic) bond motifs is 1. The highest BCUT2D eigenvalue weighted by Gasteiger charge is 2.24. The number of aryl methyl sites for hydroxylation is 2. The quantitative estimate of drug-likeness (QED) is 0.562. The van der Waals surface area contributed by atoms with Gasteiger partial charge in [-0.2, -0.15) is 0 Å². The van der Waals surface area contributed by atoms with E-state index in [4.69, 9.17) is 4.52 Å². The van der Waals surface area contributed by atoms with Crippen LogP contribution in [0.1, 0.15) is 40.5 Å². The second kappa shape index (κ2) is 6.76. The molecule has 9 heteroatoms. The van der Waals surface area contributed by atoms with E-state index in [1.54, 1.807) is 44.4 Å². The second-order valence-electron chi connectivity index (χ2n) is 6.55. The molecule has 0 saturated heterocycles. The lowest BCUT2D eigenvalue weighted by atomic mass is 10.1. The molecule has 9 nitrogen and oxygen atoms in total. The number of aromatic nitrogens is 5. The molecule has 0 aromatic carbocycles. The van der Waals surface area contributed by atoms with E-state index in [9.17, 15) is 9.59 Å². The minimum atomic E-state index is -0.489. The van der Waals surface area contributed by atoms with Gasteiger partial charge >= 0.3 is 0 Å². The number of H-pyrrole nitrogens is 1. The van der Waals surface area contributed by atoms with Crippen LogP contribution in [0.5, 0.6) is 0 Å². The summed E-state index contributed by atoms with van der Waals surface area (Å²) in [5.41, 5.74) is 2.96. The van der Waals surface area contributed by atoms with Gasteiger partial charge in [0.25, 0.3) is 11.5 Å². The van der Waals surface area contributed by atoms with E-state index in [0.29, 0.717) is 33.9 Å². The van der Waals surface area contributed by atoms with Gasteiger partial charge in [-0.05, 0) is 32.9 Å². The first-order valence-corrected chi connectivity index (χ1v) is 8.71. The Morgan fingerprint density at radius 3 is 2.89 bits per heavy atom. The van der Waals surface area contributed by atoms with E-state index in [-0.39, 0.29) is 11.5 Å². The first kappa shape index (κ1) is 17.7. The summed E-state index contributed by atoms with van der Waals surface area (Å²) in [6.45, 7) is 5.28. The zero-order chi connectivity index (χ0) is 19.8. The molecular weight excluding hydrogens is 360 g/mol. The number of hydrogen-bond donors (Lipinski definition) is 2. The van der Waals surface area contributed by atoms with Crippen LogP contribution in [0, 0.1) is 13.8 Å². The fraction of sp³-hybridized carbons (Fsp3) is 0.211. The van der Waals surface area contributed by atoms with Crippen LogP contribution < -0.4 is 10.9 Å². The number of carbonyl (C=O) groups excluding carboxylic acids is 1. The van der Waals surface area contributed by atoms with Crippen molar-refractivity contribution in [2.45, 2.75) is 26.8 Å². The minimum Gasteiger partial charge on any atom is -0.360 e. The maximum Gasteiger partial charge on any atom is 0.272 e. The van der Waals surface area contributed by atoms with Crippen molar-refractivity contribution in [3.05, 3.63) is 69.7 Å². The number of aromatic amines is 1. The van der Waals surface area contributed by atoms with Gasteiger partial charge in [0.1, 0.15) is 17.0 Å². The Labute approximate surface area is 159 Å². The molecule has 0 aliphatic heterocycles. The summed E-state index contributed by atoms with van der Waals surface area (Å²) >= 11 is 0. The van der Waals surface area contributed by atoms with E-state index < -0.39 is 6.04 Å². The van der Waals surface area contributed by atoms with Crippen LogP contribution >= 0.6 is 0 Å². The molecule has 0 fully saturated rings. The lowest BCUT2D eigenvalue weighted by Gasteiger charge is -2.13. The lowest BCUT2D eigenvalue weighted by Crippen LogP contribution is -2.29. The number of rotatable bonds is 4. The summed E-state index contributed by atoms with van der Waals surface area (Å²) in [6, 6.07) is 6.24. The Bertz CT molecular complexity index is 1220. The van der Waals surface area contributed by atoms with E-state index in [1.165, 1.54) is 10.6 Å². The van der Waals surface area contributed by atoms with E-state index in [1.807, 2.05) is 6.92 Å². The molecule has 1 amide bonds. The maximum absolute atomic E-state index is 12.9. The monoisotopic (exact) mass is 378 g/mol. The molecule has 142 valence electrons. The zero-order valence-corrected chi connectivity index (χ0v) is 15.6. The average Bonchev–Trinajstić information content (AvgIpc) is 3.24. The first-order valence-electron chi connectivity index (χ1n) is 8.71. The van der Waals surface area contributed by atoms with Gasteiger partial charge in [-0.25, -0.2) is 9.50 Å². The largest absolute Gasteiger partial charge is 0.360 e. The number of amides is 1. The highest BCUT2D eigenvalue weighted by atomic mass is 16.5. The van der Waals surface area contributed by atoms with Crippen molar-refractivity contribution in [2.24, 2.45) is 0 Å². The van der Waals surface area contributed by atoms with Crippen LogP contribution in [-0.4, -0.2) is 30.6 Å². The summed E-state index contributed by atoms with van der Waals surface area (Å²) in [5.74, 6) is 0.0330. The second-order valence-corrected chi connectivity index (χ2v) is 6.55. The zero-order valence-electron chi connectivity index (χ0n) is 15.6. The van der Waals surface area contributed by atoms with Gasteiger partial charge in [0.2, 0.25) is 0 Å². The first-order chi connectivity index (χ1) is 13.4. The highest BCUT2D eigenvalue weighted by molar-refractivity contribution is 6.00. The van der Waals surface area contributed by atoms with Crippen LogP contribution in [0.3, 0.4) is 0 Å². The topological polar surface area (TPSA) is 118 Å². The van der Waals surface area contributed by atoms with Gasteiger partial charge in [0.15, 0.2) is 5.65 Å². The average molecular weight is 378 g/mol. The Kier molecular flexibility index (Phi) is 4.26. The molecule has 0 aliphatic carbocycles. The summed E-state index contributed by atoms with van der Waals surface area (Å²) in [5, 5.41) is 9.78. The lowest BCUT2D eigenvalue weighted by molar-refractivity contribution is 0.0938. The van der Waals surface area contributed by atoms with Crippen LogP contribution in [0.25, 0.3) is 16.9 Å². The molecule has 4 heterocycles. The number of nitrogens with zero attached hydrogens (tertiary/aromatic N) is 4. The normalized spacial score (nSPS) is 12.2. The van der Waals surface area contributed by atoms with Gasteiger partial charge in [0.05, 0.1) is 11.7 Å². The molecule has 2 N–H and O–H groups in total. The van der Waals surface area contributed by atoms with E-state index in [2.05, 4.69) is 25.5 Å². The Balaban J connectivity index is 1.64. The summed E-state index contributed by atoms with van der Waals surface area (Å²) in [4.78, 5) is 33.7. The highest BCUT2D eigenvalue weighted by Crippen LogP contribution is 2.25. The Morgan fingerprint density at radius 1 is 1.32 bits per heavy atom. The fourth-order valence-corrected chi connectivity index (χ4v) is 3.03. The van der Waals surface area contributed by atoms with Gasteiger partial charge < -0.3 is 9.84 Å². The molecule has 4 aromatic heterocycles. The molecular formula is C19H18N6O3. The smallest absolute Gasteiger partial charge is 0.272 e. The van der Waals surface area contributed by atoms with Gasteiger partial charge in [-0.15, -0.1) is 0 Å². The molecule has 0 bridgehead atoms. The molecule has 0 spiro atoms. The van der Waals surface area contributed by atoms with Crippen LogP contribution in [-0.2, 0) is 0 Å². The standard InChI is InChI=1S/C19H18N6O3/c1-10-7-15-22-14(8-16(26)25(15)23-10)11(2)21-19(27)17-12(3)28-24-18(17)13-5-4-6-20-9-13/h4-9,11,23H,1-3H3,(H,21,27)/t11-/m0/s1. The fourth-order valence-electron chi connectivity index (χ4n) is 3.03. The number of nitrogens with one attached hydrogen (secondary N) is 2. The maximum atomic E-state index is 12.9. The predicted octanol–water partition coefficient (Wildman–Crippen LogP) is 2.18. The third-order valence-corrected chi connectivity index (χ3v) is 4.41. The van der Waals surface area contributed by atoms with Crippen LogP contribution in [0.15, 0.2) is 46.0 Å². The Morgan fingerprint density at radius 2 is 2.14 bits per heavy atom. The minimum absolute atomic E-state index is 0.244. The predicted molar refractivity (Wildman–Crippen MR) is 101 cm³/mol. The van der Waals surface area contributed by atoms with Crippen molar-refractivity contribution < 1.29 is 9.32 Å². The van der Waals surface area contributed by atoms with Crippen molar-refractivity contribution in [3.63, 3.8) is 0 Å². The SMILES string of the molecule is Cc1cc2nc([C@H](C)NC(=O)c3c(-c4cccnc4)noc3C)cc(=O)n2[nH]1. The van der Waals surface area contributed by atoms with Crippen molar-refractivity contribution in [1.29, 1.82) is 0 Å². The summed E-state index contributed by atoms with van der Waals surface area (Å²) in [6.07, 6.45) is 3.25. The number of hydrogen-bond acceptors (Lipinski definition) is 6. The van der Waals surface area contributed by atoms with Crippen molar-refractivity contribution in [2.75, 3.05) is 0 Å². The molecule has 0 saturated carbocycles. The van der Waals surface area contributed by atoms with Gasteiger partial charge in [0, 0.05) is 35.8 Å². The molecule has 28 heavy (non-hydrogen) atoms. The summed E-state index contributed by atoms with van der Waals surface area (Å²) in [7, 11) is 0. The van der Waals surface area contributed by atoms with Crippen molar-refractivity contribution in [1.82, 2.24) is 30.1 Å². The van der Waals surface area contributed by atoms with Crippen molar-refractivity contribution >= 4 is 11.6 Å². The van der Waals surface area contributed by atoms with Gasteiger partial charge in [-0.1, -0.05) is 5.16 Å². The van der Waals surface area contributed by atoms with E-state index in [0.717, 1.165) is 5.69 Å². The number of pyridine rings is 1. The molecule has 4 aromatic rings. The third-order valence-electron chi connectivity index (χ3n) is 4.41. The van der Waals surface area contributed by atoms with Crippen molar-refractivity contribution in [3.8, 4) is 11.3 Å².